The summed E-state index contributed by atoms with van der Waals surface area (Å²) in [7, 11) is 1.20. The Morgan fingerprint density at radius 2 is 2.00 bits per heavy atom. The van der Waals surface area contributed by atoms with Crippen LogP contribution in [0.25, 0.3) is 0 Å². The smallest absolute Gasteiger partial charge is 0.356 e. The fraction of sp³-hybridized carbons (Fsp3) is 0.0714. The van der Waals surface area contributed by atoms with E-state index in [1.165, 1.54) is 19.4 Å². The number of nitrogens with zero attached hydrogens (tertiary/aromatic N) is 1. The van der Waals surface area contributed by atoms with Gasteiger partial charge in [0.25, 0.3) is 0 Å². The number of aromatic nitrogens is 1. The van der Waals surface area contributed by atoms with E-state index in [1.807, 2.05) is 0 Å². The predicted molar refractivity (Wildman–Crippen MR) is 79.6 cm³/mol. The SMILES string of the molecule is COC(=O)C(=N)c1cccnc1Oc1ccc(Cl)c(Cl)c1. The van der Waals surface area contributed by atoms with E-state index in [-0.39, 0.29) is 17.2 Å². The van der Waals surface area contributed by atoms with E-state index in [1.54, 1.807) is 24.3 Å². The van der Waals surface area contributed by atoms with Gasteiger partial charge in [-0.1, -0.05) is 23.2 Å². The highest BCUT2D eigenvalue weighted by atomic mass is 35.5. The fourth-order valence-corrected chi connectivity index (χ4v) is 1.81. The van der Waals surface area contributed by atoms with E-state index in [9.17, 15) is 4.79 Å². The first-order valence-electron chi connectivity index (χ1n) is 5.78. The molecule has 1 N–H and O–H groups in total. The Hall–Kier alpha value is -2.11. The summed E-state index contributed by atoms with van der Waals surface area (Å²) in [5, 5.41) is 8.50. The van der Waals surface area contributed by atoms with Crippen molar-refractivity contribution in [2.75, 3.05) is 7.11 Å². The van der Waals surface area contributed by atoms with Crippen molar-refractivity contribution in [2.45, 2.75) is 0 Å². The molecular formula is C14H10Cl2N2O3. The minimum atomic E-state index is -0.776. The molecule has 5 nitrogen and oxygen atoms in total. The molecule has 0 radical (unpaired) electrons. The average Bonchev–Trinajstić information content (AvgIpc) is 2.50. The number of pyridine rings is 1. The molecule has 0 saturated heterocycles. The number of carbonyl (C=O) groups excluding carboxylic acids is 1. The first-order valence-corrected chi connectivity index (χ1v) is 6.53. The summed E-state index contributed by atoms with van der Waals surface area (Å²) < 4.78 is 10.1. The number of hydrogen-bond donors (Lipinski definition) is 1. The molecule has 0 saturated carbocycles. The van der Waals surface area contributed by atoms with Crippen LogP contribution in [0.2, 0.25) is 10.0 Å². The summed E-state index contributed by atoms with van der Waals surface area (Å²) in [4.78, 5) is 15.5. The van der Waals surface area contributed by atoms with Crippen molar-refractivity contribution in [3.8, 4) is 11.6 Å². The van der Waals surface area contributed by atoms with Gasteiger partial charge in [-0.2, -0.15) is 0 Å². The Labute approximate surface area is 130 Å². The number of esters is 1. The zero-order chi connectivity index (χ0) is 15.4. The molecule has 2 rings (SSSR count). The molecule has 1 heterocycles. The molecule has 0 spiro atoms. The third kappa shape index (κ3) is 3.51. The van der Waals surface area contributed by atoms with Crippen molar-refractivity contribution in [1.29, 1.82) is 5.41 Å². The Balaban J connectivity index is 2.34. The van der Waals surface area contributed by atoms with E-state index < -0.39 is 5.97 Å². The molecule has 21 heavy (non-hydrogen) atoms. The molecule has 0 amide bonds. The Morgan fingerprint density at radius 3 is 2.67 bits per heavy atom. The van der Waals surface area contributed by atoms with E-state index in [0.29, 0.717) is 15.8 Å². The average molecular weight is 325 g/mol. The number of nitrogens with one attached hydrogen (secondary N) is 1. The number of carbonyl (C=O) groups is 1. The molecule has 0 unspecified atom stereocenters. The monoisotopic (exact) mass is 324 g/mol. The molecule has 0 atom stereocenters. The second kappa shape index (κ2) is 6.56. The second-order valence-electron chi connectivity index (χ2n) is 3.90. The van der Waals surface area contributed by atoms with E-state index in [2.05, 4.69) is 9.72 Å². The molecule has 0 aliphatic rings. The first-order chi connectivity index (χ1) is 10.0. The van der Waals surface area contributed by atoms with Crippen LogP contribution in [0, 0.1) is 5.41 Å². The highest BCUT2D eigenvalue weighted by Crippen LogP contribution is 2.30. The van der Waals surface area contributed by atoms with Crippen LogP contribution in [0.4, 0.5) is 0 Å². The zero-order valence-corrected chi connectivity index (χ0v) is 12.4. The Kier molecular flexibility index (Phi) is 4.77. The van der Waals surface area contributed by atoms with Crippen molar-refractivity contribution < 1.29 is 14.3 Å². The third-order valence-corrected chi connectivity index (χ3v) is 3.27. The van der Waals surface area contributed by atoms with Crippen LogP contribution in [0.3, 0.4) is 0 Å². The van der Waals surface area contributed by atoms with E-state index in [0.717, 1.165) is 0 Å². The topological polar surface area (TPSA) is 72.3 Å². The summed E-state index contributed by atoms with van der Waals surface area (Å²) in [6.07, 6.45) is 1.49. The number of rotatable bonds is 4. The van der Waals surface area contributed by atoms with Crippen LogP contribution in [-0.2, 0) is 9.53 Å². The highest BCUT2D eigenvalue weighted by Gasteiger charge is 2.18. The van der Waals surface area contributed by atoms with Crippen molar-refractivity contribution in [3.05, 3.63) is 52.1 Å². The fourth-order valence-electron chi connectivity index (χ4n) is 1.53. The van der Waals surface area contributed by atoms with Crippen molar-refractivity contribution >= 4 is 34.9 Å². The summed E-state index contributed by atoms with van der Waals surface area (Å²) in [5.41, 5.74) is -0.129. The minimum absolute atomic E-state index is 0.103. The number of ether oxygens (including phenoxy) is 2. The van der Waals surface area contributed by atoms with Gasteiger partial charge < -0.3 is 9.47 Å². The molecule has 7 heteroatoms. The van der Waals surface area contributed by atoms with Gasteiger partial charge in [-0.25, -0.2) is 9.78 Å². The maximum atomic E-state index is 11.4. The van der Waals surface area contributed by atoms with Gasteiger partial charge in [0, 0.05) is 12.3 Å². The van der Waals surface area contributed by atoms with Crippen LogP contribution < -0.4 is 4.74 Å². The second-order valence-corrected chi connectivity index (χ2v) is 4.72. The van der Waals surface area contributed by atoms with Gasteiger partial charge in [-0.3, -0.25) is 5.41 Å². The molecule has 0 bridgehead atoms. The van der Waals surface area contributed by atoms with Crippen LogP contribution in [-0.4, -0.2) is 23.8 Å². The number of methoxy groups -OCH3 is 1. The maximum absolute atomic E-state index is 11.4. The van der Waals surface area contributed by atoms with Crippen molar-refractivity contribution in [1.82, 2.24) is 4.98 Å². The summed E-state index contributed by atoms with van der Waals surface area (Å²) in [5.74, 6) is -0.282. The number of hydrogen-bond acceptors (Lipinski definition) is 5. The first kappa shape index (κ1) is 15.3. The van der Waals surface area contributed by atoms with Gasteiger partial charge in [0.1, 0.15) is 5.75 Å². The Morgan fingerprint density at radius 1 is 1.24 bits per heavy atom. The standard InChI is InChI=1S/C14H10Cl2N2O3/c1-20-14(19)12(17)9-3-2-6-18-13(9)21-8-4-5-10(15)11(16)7-8/h2-7,17H,1H3. The molecule has 0 aliphatic carbocycles. The lowest BCUT2D eigenvalue weighted by atomic mass is 10.1. The van der Waals surface area contributed by atoms with Gasteiger partial charge in [-0.05, 0) is 24.3 Å². The minimum Gasteiger partial charge on any atom is -0.464 e. The van der Waals surface area contributed by atoms with Gasteiger partial charge in [-0.15, -0.1) is 0 Å². The Bertz CT molecular complexity index is 704. The summed E-state index contributed by atoms with van der Waals surface area (Å²) in [6.45, 7) is 0. The van der Waals surface area contributed by atoms with Crippen molar-refractivity contribution in [3.63, 3.8) is 0 Å². The lowest BCUT2D eigenvalue weighted by molar-refractivity contribution is -0.132. The zero-order valence-electron chi connectivity index (χ0n) is 10.9. The van der Waals surface area contributed by atoms with Gasteiger partial charge in [0.05, 0.1) is 22.7 Å². The van der Waals surface area contributed by atoms with Crippen LogP contribution >= 0.6 is 23.2 Å². The number of benzene rings is 1. The number of halogens is 2. The molecule has 108 valence electrons. The quantitative estimate of drug-likeness (QED) is 0.687. The normalized spacial score (nSPS) is 10.0. The maximum Gasteiger partial charge on any atom is 0.356 e. The molecule has 1 aromatic carbocycles. The van der Waals surface area contributed by atoms with Crippen LogP contribution in [0.15, 0.2) is 36.5 Å². The predicted octanol–water partition coefficient (Wildman–Crippen LogP) is 3.72. The largest absolute Gasteiger partial charge is 0.464 e. The van der Waals surface area contributed by atoms with Gasteiger partial charge >= 0.3 is 5.97 Å². The molecule has 0 aliphatic heterocycles. The summed E-state index contributed by atoms with van der Waals surface area (Å²) >= 11 is 11.7. The van der Waals surface area contributed by atoms with Crippen LogP contribution in [0.1, 0.15) is 5.56 Å². The molecule has 1 aromatic heterocycles. The van der Waals surface area contributed by atoms with Gasteiger partial charge in [0.15, 0.2) is 5.71 Å². The summed E-state index contributed by atoms with van der Waals surface area (Å²) in [6, 6.07) is 7.83. The third-order valence-electron chi connectivity index (χ3n) is 2.54. The van der Waals surface area contributed by atoms with Crippen molar-refractivity contribution in [2.24, 2.45) is 0 Å². The van der Waals surface area contributed by atoms with Crippen LogP contribution in [0.5, 0.6) is 11.6 Å². The lowest BCUT2D eigenvalue weighted by Crippen LogP contribution is -2.16. The molecule has 2 aromatic rings. The van der Waals surface area contributed by atoms with E-state index in [4.69, 9.17) is 33.3 Å². The highest BCUT2D eigenvalue weighted by molar-refractivity contribution is 6.42. The molecular weight excluding hydrogens is 315 g/mol. The van der Waals surface area contributed by atoms with Gasteiger partial charge in [0.2, 0.25) is 5.88 Å². The lowest BCUT2D eigenvalue weighted by Gasteiger charge is -2.10. The van der Waals surface area contributed by atoms with E-state index >= 15 is 0 Å². The molecule has 0 fully saturated rings.